The van der Waals surface area contributed by atoms with E-state index in [9.17, 15) is 9.59 Å². The van der Waals surface area contributed by atoms with Crippen LogP contribution in [0.4, 0.5) is 0 Å². The van der Waals surface area contributed by atoms with E-state index in [2.05, 4.69) is 0 Å². The molecule has 5 heteroatoms. The van der Waals surface area contributed by atoms with Crippen molar-refractivity contribution in [3.05, 3.63) is 29.8 Å². The number of hydrogen-bond acceptors (Lipinski definition) is 4. The molecule has 22 heavy (non-hydrogen) atoms. The molecule has 4 nitrogen and oxygen atoms in total. The van der Waals surface area contributed by atoms with Gasteiger partial charge in [-0.1, -0.05) is 26.0 Å². The van der Waals surface area contributed by atoms with Gasteiger partial charge < -0.3 is 9.47 Å². The number of epoxide rings is 1. The molecule has 0 amide bonds. The molecule has 1 aliphatic rings. The van der Waals surface area contributed by atoms with Crippen LogP contribution < -0.4 is 4.74 Å². The molecule has 1 atom stereocenters. The summed E-state index contributed by atoms with van der Waals surface area (Å²) in [6.45, 7) is 8.23. The van der Waals surface area contributed by atoms with E-state index in [1.54, 1.807) is 18.2 Å². The first-order valence-corrected chi connectivity index (χ1v) is 8.33. The lowest BCUT2D eigenvalue weighted by molar-refractivity contribution is -0.118. The van der Waals surface area contributed by atoms with Gasteiger partial charge in [0.25, 0.3) is 0 Å². The van der Waals surface area contributed by atoms with Crippen LogP contribution in [0.25, 0.3) is 0 Å². The Morgan fingerprint density at radius 2 is 1.95 bits per heavy atom. The van der Waals surface area contributed by atoms with Crippen molar-refractivity contribution in [3.8, 4) is 5.75 Å². The molecular formula is C17H21IO4. The summed E-state index contributed by atoms with van der Waals surface area (Å²) in [6.07, 6.45) is 0.296. The van der Waals surface area contributed by atoms with Crippen molar-refractivity contribution in [1.82, 2.24) is 0 Å². The molecular weight excluding hydrogens is 395 g/mol. The minimum absolute atomic E-state index is 0.00831. The number of hydrogen-bond donors (Lipinski definition) is 0. The van der Waals surface area contributed by atoms with E-state index in [4.69, 9.17) is 9.47 Å². The first kappa shape index (κ1) is 17.4. The van der Waals surface area contributed by atoms with E-state index < -0.39 is 11.0 Å². The number of ketones is 1. The van der Waals surface area contributed by atoms with Crippen LogP contribution in [-0.2, 0) is 9.53 Å². The Labute approximate surface area is 144 Å². The second-order valence-corrected chi connectivity index (χ2v) is 7.89. The Hall–Kier alpha value is -0.950. The van der Waals surface area contributed by atoms with Crippen molar-refractivity contribution in [1.29, 1.82) is 0 Å². The minimum Gasteiger partial charge on any atom is -0.488 e. The normalized spacial score (nSPS) is 18.0. The van der Waals surface area contributed by atoms with Crippen molar-refractivity contribution in [2.45, 2.75) is 45.8 Å². The number of carbonyl (C=O) groups is 2. The third kappa shape index (κ3) is 4.52. The highest BCUT2D eigenvalue weighted by molar-refractivity contribution is 14.1. The fourth-order valence-electron chi connectivity index (χ4n) is 2.59. The maximum atomic E-state index is 12.0. The SMILES string of the molecule is CC(C)(CC(C)(C)C(=O)I)Oc1cccc(C(=O)C2CO2)c1. The van der Waals surface area contributed by atoms with Gasteiger partial charge in [0, 0.05) is 33.6 Å². The molecule has 1 heterocycles. The number of ether oxygens (including phenoxy) is 2. The second-order valence-electron chi connectivity index (χ2n) is 6.91. The van der Waals surface area contributed by atoms with Crippen molar-refractivity contribution in [3.63, 3.8) is 0 Å². The van der Waals surface area contributed by atoms with Crippen molar-refractivity contribution < 1.29 is 19.1 Å². The molecule has 0 N–H and O–H groups in total. The van der Waals surface area contributed by atoms with Crippen LogP contribution in [-0.4, -0.2) is 27.9 Å². The summed E-state index contributed by atoms with van der Waals surface area (Å²) in [5.74, 6) is 0.624. The van der Waals surface area contributed by atoms with Gasteiger partial charge in [-0.2, -0.15) is 0 Å². The summed E-state index contributed by atoms with van der Waals surface area (Å²) in [5.41, 5.74) is -0.374. The zero-order valence-corrected chi connectivity index (χ0v) is 15.5. The van der Waals surface area contributed by atoms with Gasteiger partial charge in [0.1, 0.15) is 17.5 Å². The van der Waals surface area contributed by atoms with Crippen LogP contribution in [0.15, 0.2) is 24.3 Å². The summed E-state index contributed by atoms with van der Waals surface area (Å²) >= 11 is 1.83. The fourth-order valence-corrected chi connectivity index (χ4v) is 2.78. The van der Waals surface area contributed by atoms with Crippen LogP contribution in [0.5, 0.6) is 5.75 Å². The molecule has 0 saturated carbocycles. The molecule has 0 spiro atoms. The van der Waals surface area contributed by atoms with E-state index in [1.165, 1.54) is 0 Å². The third-order valence-electron chi connectivity index (χ3n) is 3.54. The van der Waals surface area contributed by atoms with Crippen LogP contribution in [0.2, 0.25) is 0 Å². The highest BCUT2D eigenvalue weighted by atomic mass is 127. The van der Waals surface area contributed by atoms with Crippen LogP contribution in [0, 0.1) is 5.41 Å². The zero-order chi connectivity index (χ0) is 16.5. The molecule has 0 aliphatic carbocycles. The van der Waals surface area contributed by atoms with Crippen LogP contribution >= 0.6 is 22.6 Å². The lowest BCUT2D eigenvalue weighted by atomic mass is 9.83. The second kappa shape index (κ2) is 6.28. The highest BCUT2D eigenvalue weighted by Crippen LogP contribution is 2.34. The highest BCUT2D eigenvalue weighted by Gasteiger charge is 2.35. The van der Waals surface area contributed by atoms with Gasteiger partial charge in [0.15, 0.2) is 9.57 Å². The number of rotatable bonds is 7. The predicted octanol–water partition coefficient (Wildman–Crippen LogP) is 3.80. The van der Waals surface area contributed by atoms with Crippen molar-refractivity contribution in [2.24, 2.45) is 5.41 Å². The van der Waals surface area contributed by atoms with Crippen molar-refractivity contribution >= 4 is 32.2 Å². The third-order valence-corrected chi connectivity index (χ3v) is 5.00. The molecule has 120 valence electrons. The monoisotopic (exact) mass is 416 g/mol. The molecule has 0 bridgehead atoms. The molecule has 1 saturated heterocycles. The Morgan fingerprint density at radius 1 is 1.32 bits per heavy atom. The van der Waals surface area contributed by atoms with E-state index in [1.807, 2.05) is 56.4 Å². The molecule has 0 aromatic heterocycles. The Morgan fingerprint density at radius 3 is 2.50 bits per heavy atom. The molecule has 0 radical (unpaired) electrons. The number of benzene rings is 1. The summed E-state index contributed by atoms with van der Waals surface area (Å²) in [6, 6.07) is 7.13. The summed E-state index contributed by atoms with van der Waals surface area (Å²) in [7, 11) is 0. The number of carbonyl (C=O) groups excluding carboxylic acids is 2. The molecule has 1 aliphatic heterocycles. The van der Waals surface area contributed by atoms with Crippen molar-refractivity contribution in [2.75, 3.05) is 6.61 Å². The topological polar surface area (TPSA) is 55.9 Å². The van der Waals surface area contributed by atoms with E-state index in [-0.39, 0.29) is 15.7 Å². The van der Waals surface area contributed by atoms with E-state index in [0.29, 0.717) is 24.3 Å². The molecule has 2 rings (SSSR count). The average Bonchev–Trinajstić information content (AvgIpc) is 3.20. The first-order valence-electron chi connectivity index (χ1n) is 7.26. The maximum absolute atomic E-state index is 12.0. The standard InChI is InChI=1S/C17H21IO4/c1-16(2,15(18)20)10-17(3,4)22-12-7-5-6-11(8-12)14(19)13-9-21-13/h5-8,13H,9-10H2,1-4H3. The zero-order valence-electron chi connectivity index (χ0n) is 13.3. The largest absolute Gasteiger partial charge is 0.488 e. The summed E-state index contributed by atoms with van der Waals surface area (Å²) in [5, 5.41) is 0. The van der Waals surface area contributed by atoms with Gasteiger partial charge in [-0.25, -0.2) is 0 Å². The van der Waals surface area contributed by atoms with Crippen LogP contribution in [0.1, 0.15) is 44.5 Å². The Bertz CT molecular complexity index is 588. The molecule has 1 fully saturated rings. The minimum atomic E-state index is -0.512. The summed E-state index contributed by atoms with van der Waals surface area (Å²) in [4.78, 5) is 23.7. The van der Waals surface area contributed by atoms with E-state index >= 15 is 0 Å². The Balaban J connectivity index is 2.10. The van der Waals surface area contributed by atoms with Crippen LogP contribution in [0.3, 0.4) is 0 Å². The maximum Gasteiger partial charge on any atom is 0.198 e. The lowest BCUT2D eigenvalue weighted by Crippen LogP contribution is -2.36. The summed E-state index contributed by atoms with van der Waals surface area (Å²) < 4.78 is 11.2. The quantitative estimate of drug-likeness (QED) is 0.294. The lowest BCUT2D eigenvalue weighted by Gasteiger charge is -2.33. The van der Waals surface area contributed by atoms with Gasteiger partial charge in [0.2, 0.25) is 0 Å². The van der Waals surface area contributed by atoms with Gasteiger partial charge in [-0.15, -0.1) is 0 Å². The first-order chi connectivity index (χ1) is 10.1. The predicted molar refractivity (Wildman–Crippen MR) is 92.6 cm³/mol. The molecule has 1 unspecified atom stereocenters. The molecule has 1 aromatic rings. The fraction of sp³-hybridized carbons (Fsp3) is 0.529. The number of Topliss-reactive ketones (excluding diaryl/α,β-unsaturated/α-hetero) is 1. The van der Waals surface area contributed by atoms with Gasteiger partial charge in [0.05, 0.1) is 6.61 Å². The smallest absolute Gasteiger partial charge is 0.198 e. The average molecular weight is 416 g/mol. The number of halogens is 1. The van der Waals surface area contributed by atoms with Gasteiger partial charge >= 0.3 is 0 Å². The van der Waals surface area contributed by atoms with Gasteiger partial charge in [-0.05, 0) is 32.4 Å². The molecule has 1 aromatic carbocycles. The van der Waals surface area contributed by atoms with E-state index in [0.717, 1.165) is 0 Å². The Kier molecular flexibility index (Phi) is 4.96. The van der Waals surface area contributed by atoms with Gasteiger partial charge in [-0.3, -0.25) is 9.59 Å².